The Bertz CT molecular complexity index is 1180. The van der Waals surface area contributed by atoms with Crippen LogP contribution in [-0.4, -0.2) is 40.5 Å². The molecule has 1 aliphatic rings. The molecule has 2 aromatic heterocycles. The van der Waals surface area contributed by atoms with E-state index in [1.165, 1.54) is 0 Å². The lowest BCUT2D eigenvalue weighted by Gasteiger charge is -2.22. The van der Waals surface area contributed by atoms with E-state index in [2.05, 4.69) is 9.97 Å². The van der Waals surface area contributed by atoms with E-state index >= 15 is 0 Å². The molecule has 0 unspecified atom stereocenters. The van der Waals surface area contributed by atoms with E-state index < -0.39 is 0 Å². The van der Waals surface area contributed by atoms with Gasteiger partial charge in [0.1, 0.15) is 17.9 Å². The zero-order valence-corrected chi connectivity index (χ0v) is 16.5. The van der Waals surface area contributed by atoms with Gasteiger partial charge in [-0.3, -0.25) is 4.57 Å². The minimum Gasteiger partial charge on any atom is -0.497 e. The molecular formula is C22H19N5O3. The zero-order valence-electron chi connectivity index (χ0n) is 16.5. The van der Waals surface area contributed by atoms with Gasteiger partial charge in [-0.05, 0) is 29.8 Å². The number of anilines is 2. The van der Waals surface area contributed by atoms with Gasteiger partial charge in [0.15, 0.2) is 11.5 Å². The SMILES string of the molecule is COc1ccc(-c2cnc(-n3ccnc3)nc2N(C)c2ccc3c(c2)OCO3)cc1. The average molecular weight is 401 g/mol. The van der Waals surface area contributed by atoms with Gasteiger partial charge in [0.25, 0.3) is 0 Å². The smallest absolute Gasteiger partial charge is 0.236 e. The van der Waals surface area contributed by atoms with Gasteiger partial charge in [0.2, 0.25) is 12.7 Å². The van der Waals surface area contributed by atoms with Gasteiger partial charge in [0, 0.05) is 43.0 Å². The summed E-state index contributed by atoms with van der Waals surface area (Å²) in [4.78, 5) is 15.5. The molecule has 0 saturated carbocycles. The Hall–Kier alpha value is -4.07. The number of ether oxygens (including phenoxy) is 3. The lowest BCUT2D eigenvalue weighted by Crippen LogP contribution is -2.14. The second-order valence-corrected chi connectivity index (χ2v) is 6.70. The fraction of sp³-hybridized carbons (Fsp3) is 0.136. The standard InChI is InChI=1S/C22H19N5O3/c1-26(16-5-8-19-20(11-16)30-14-29-19)21-18(15-3-6-17(28-2)7-4-15)12-24-22(25-21)27-10-9-23-13-27/h3-13H,14H2,1-2H3. The zero-order chi connectivity index (χ0) is 20.5. The molecule has 0 spiro atoms. The summed E-state index contributed by atoms with van der Waals surface area (Å²) in [5.41, 5.74) is 2.79. The first-order valence-electron chi connectivity index (χ1n) is 9.36. The number of imidazole rings is 1. The molecule has 5 rings (SSSR count). The number of nitrogens with zero attached hydrogens (tertiary/aromatic N) is 5. The maximum absolute atomic E-state index is 5.54. The van der Waals surface area contributed by atoms with Gasteiger partial charge in [0.05, 0.1) is 7.11 Å². The van der Waals surface area contributed by atoms with E-state index in [0.717, 1.165) is 34.1 Å². The Morgan fingerprint density at radius 2 is 1.90 bits per heavy atom. The van der Waals surface area contributed by atoms with E-state index in [9.17, 15) is 0 Å². The first kappa shape index (κ1) is 18.0. The molecule has 0 amide bonds. The molecule has 8 heteroatoms. The molecule has 0 aliphatic carbocycles. The molecule has 1 aliphatic heterocycles. The third kappa shape index (κ3) is 3.18. The van der Waals surface area contributed by atoms with Gasteiger partial charge in [-0.25, -0.2) is 9.97 Å². The lowest BCUT2D eigenvalue weighted by molar-refractivity contribution is 0.174. The first-order valence-corrected chi connectivity index (χ1v) is 9.36. The van der Waals surface area contributed by atoms with Crippen LogP contribution in [0.25, 0.3) is 17.1 Å². The molecule has 0 saturated heterocycles. The van der Waals surface area contributed by atoms with Crippen LogP contribution in [0.3, 0.4) is 0 Å². The molecule has 0 bridgehead atoms. The Kier molecular flexibility index (Phi) is 4.44. The van der Waals surface area contributed by atoms with Crippen LogP contribution < -0.4 is 19.1 Å². The van der Waals surface area contributed by atoms with Gasteiger partial charge < -0.3 is 19.1 Å². The summed E-state index contributed by atoms with van der Waals surface area (Å²) in [6, 6.07) is 13.6. The van der Waals surface area contributed by atoms with Crippen LogP contribution in [0.15, 0.2) is 67.4 Å². The number of hydrogen-bond acceptors (Lipinski definition) is 7. The van der Waals surface area contributed by atoms with E-state index in [1.807, 2.05) is 66.8 Å². The minimum atomic E-state index is 0.234. The number of aromatic nitrogens is 4. The molecule has 2 aromatic carbocycles. The molecule has 0 radical (unpaired) electrons. The predicted molar refractivity (Wildman–Crippen MR) is 112 cm³/mol. The monoisotopic (exact) mass is 401 g/mol. The fourth-order valence-electron chi connectivity index (χ4n) is 3.31. The maximum atomic E-state index is 5.54. The lowest BCUT2D eigenvalue weighted by atomic mass is 10.1. The summed E-state index contributed by atoms with van der Waals surface area (Å²) in [5, 5.41) is 0. The molecular weight excluding hydrogens is 382 g/mol. The van der Waals surface area contributed by atoms with Crippen molar-refractivity contribution in [1.82, 2.24) is 19.5 Å². The van der Waals surface area contributed by atoms with E-state index in [4.69, 9.17) is 19.2 Å². The van der Waals surface area contributed by atoms with Gasteiger partial charge >= 0.3 is 0 Å². The summed E-state index contributed by atoms with van der Waals surface area (Å²) >= 11 is 0. The number of rotatable bonds is 5. The van der Waals surface area contributed by atoms with Gasteiger partial charge in [-0.1, -0.05) is 12.1 Å². The van der Waals surface area contributed by atoms with Crippen LogP contribution in [0.4, 0.5) is 11.5 Å². The molecule has 30 heavy (non-hydrogen) atoms. The topological polar surface area (TPSA) is 74.5 Å². The van der Waals surface area contributed by atoms with Crippen molar-refractivity contribution >= 4 is 11.5 Å². The largest absolute Gasteiger partial charge is 0.497 e. The maximum Gasteiger partial charge on any atom is 0.236 e. The Balaban J connectivity index is 1.62. The molecule has 0 N–H and O–H groups in total. The Labute approximate surface area is 173 Å². The quantitative estimate of drug-likeness (QED) is 0.503. The number of hydrogen-bond donors (Lipinski definition) is 0. The summed E-state index contributed by atoms with van der Waals surface area (Å²) in [6.07, 6.45) is 7.00. The van der Waals surface area contributed by atoms with Crippen LogP contribution in [0.5, 0.6) is 17.2 Å². The summed E-state index contributed by atoms with van der Waals surface area (Å²) in [5.74, 6) is 3.53. The normalized spacial score (nSPS) is 12.1. The Morgan fingerprint density at radius 1 is 1.07 bits per heavy atom. The molecule has 3 heterocycles. The van der Waals surface area contributed by atoms with Crippen LogP contribution in [-0.2, 0) is 0 Å². The van der Waals surface area contributed by atoms with E-state index in [-0.39, 0.29) is 6.79 Å². The summed E-state index contributed by atoms with van der Waals surface area (Å²) in [7, 11) is 3.61. The minimum absolute atomic E-state index is 0.234. The van der Waals surface area contributed by atoms with Crippen molar-refractivity contribution in [3.63, 3.8) is 0 Å². The number of fused-ring (bicyclic) bond motifs is 1. The highest BCUT2D eigenvalue weighted by atomic mass is 16.7. The van der Waals surface area contributed by atoms with Gasteiger partial charge in [-0.15, -0.1) is 0 Å². The van der Waals surface area contributed by atoms with Crippen molar-refractivity contribution in [2.24, 2.45) is 0 Å². The van der Waals surface area contributed by atoms with Crippen molar-refractivity contribution in [2.75, 3.05) is 25.9 Å². The predicted octanol–water partition coefficient (Wildman–Crippen LogP) is 3.83. The molecule has 0 fully saturated rings. The van der Waals surface area contributed by atoms with Crippen LogP contribution in [0.1, 0.15) is 0 Å². The van der Waals surface area contributed by atoms with Crippen molar-refractivity contribution < 1.29 is 14.2 Å². The second-order valence-electron chi connectivity index (χ2n) is 6.70. The summed E-state index contributed by atoms with van der Waals surface area (Å²) < 4.78 is 18.0. The highest BCUT2D eigenvalue weighted by Gasteiger charge is 2.19. The first-order chi connectivity index (χ1) is 14.7. The number of methoxy groups -OCH3 is 1. The van der Waals surface area contributed by atoms with Gasteiger partial charge in [-0.2, -0.15) is 4.98 Å². The van der Waals surface area contributed by atoms with Crippen molar-refractivity contribution in [3.8, 4) is 34.3 Å². The number of benzene rings is 2. The van der Waals surface area contributed by atoms with E-state index in [1.54, 1.807) is 24.2 Å². The molecule has 150 valence electrons. The van der Waals surface area contributed by atoms with Crippen LogP contribution >= 0.6 is 0 Å². The molecule has 0 atom stereocenters. The highest BCUT2D eigenvalue weighted by Crippen LogP contribution is 2.39. The van der Waals surface area contributed by atoms with Crippen molar-refractivity contribution in [3.05, 3.63) is 67.4 Å². The molecule has 4 aromatic rings. The Morgan fingerprint density at radius 3 is 2.67 bits per heavy atom. The third-order valence-corrected chi connectivity index (χ3v) is 4.95. The summed E-state index contributed by atoms with van der Waals surface area (Å²) in [6.45, 7) is 0.234. The van der Waals surface area contributed by atoms with Crippen LogP contribution in [0, 0.1) is 0 Å². The highest BCUT2D eigenvalue weighted by molar-refractivity contribution is 5.80. The fourth-order valence-corrected chi connectivity index (χ4v) is 3.31. The average Bonchev–Trinajstić information content (AvgIpc) is 3.50. The second kappa shape index (κ2) is 7.40. The molecule has 8 nitrogen and oxygen atoms in total. The van der Waals surface area contributed by atoms with E-state index in [0.29, 0.717) is 11.7 Å². The van der Waals surface area contributed by atoms with Crippen molar-refractivity contribution in [1.29, 1.82) is 0 Å². The van der Waals surface area contributed by atoms with Crippen molar-refractivity contribution in [2.45, 2.75) is 0 Å². The third-order valence-electron chi connectivity index (χ3n) is 4.95. The van der Waals surface area contributed by atoms with Crippen LogP contribution in [0.2, 0.25) is 0 Å².